The van der Waals surface area contributed by atoms with Crippen molar-refractivity contribution in [1.29, 1.82) is 0 Å². The number of hydrogen-bond acceptors (Lipinski definition) is 1. The highest BCUT2D eigenvalue weighted by Crippen LogP contribution is 2.36. The Morgan fingerprint density at radius 2 is 1.82 bits per heavy atom. The van der Waals surface area contributed by atoms with Crippen molar-refractivity contribution in [1.82, 2.24) is 5.32 Å². The van der Waals surface area contributed by atoms with E-state index in [-0.39, 0.29) is 5.54 Å². The molecule has 0 saturated carbocycles. The largest absolute Gasteiger partial charge is 0.307 e. The summed E-state index contributed by atoms with van der Waals surface area (Å²) < 4.78 is 0. The third-order valence-corrected chi connectivity index (χ3v) is 4.29. The van der Waals surface area contributed by atoms with Gasteiger partial charge >= 0.3 is 0 Å². The Bertz CT molecular complexity index is 348. The van der Waals surface area contributed by atoms with Crippen molar-refractivity contribution < 1.29 is 0 Å². The van der Waals surface area contributed by atoms with Gasteiger partial charge in [-0.05, 0) is 43.0 Å². The highest BCUT2D eigenvalue weighted by atomic mass is 35.5. The summed E-state index contributed by atoms with van der Waals surface area (Å²) >= 11 is 5.99. The quantitative estimate of drug-likeness (QED) is 0.824. The van der Waals surface area contributed by atoms with Crippen molar-refractivity contribution in [3.05, 3.63) is 34.9 Å². The van der Waals surface area contributed by atoms with Gasteiger partial charge in [0.1, 0.15) is 0 Å². The van der Waals surface area contributed by atoms with Gasteiger partial charge in [-0.2, -0.15) is 0 Å². The lowest BCUT2D eigenvalue weighted by Crippen LogP contribution is -2.46. The van der Waals surface area contributed by atoms with E-state index < -0.39 is 0 Å². The van der Waals surface area contributed by atoms with E-state index in [1.165, 1.54) is 31.2 Å². The maximum atomic E-state index is 5.99. The van der Waals surface area contributed by atoms with Gasteiger partial charge in [0.2, 0.25) is 0 Å². The minimum absolute atomic E-state index is 0.140. The minimum atomic E-state index is 0.140. The van der Waals surface area contributed by atoms with E-state index in [4.69, 9.17) is 11.6 Å². The Hall–Kier alpha value is -0.530. The van der Waals surface area contributed by atoms with Crippen molar-refractivity contribution in [2.45, 2.75) is 45.1 Å². The van der Waals surface area contributed by atoms with Gasteiger partial charge in [-0.1, -0.05) is 50.4 Å². The molecule has 1 fully saturated rings. The molecular weight excluding hydrogens is 230 g/mol. The molecule has 1 atom stereocenters. The summed E-state index contributed by atoms with van der Waals surface area (Å²) in [7, 11) is 0. The zero-order valence-electron chi connectivity index (χ0n) is 10.8. The summed E-state index contributed by atoms with van der Waals surface area (Å²) in [5, 5.41) is 4.61. The SMILES string of the molecule is CC(C)C1(c2ccc(Cl)cc2)CCCCCN1. The Morgan fingerprint density at radius 3 is 2.47 bits per heavy atom. The fraction of sp³-hybridized carbons (Fsp3) is 0.600. The molecule has 1 aromatic carbocycles. The van der Waals surface area contributed by atoms with E-state index >= 15 is 0 Å². The Kier molecular flexibility index (Phi) is 4.11. The first kappa shape index (κ1) is 12.9. The van der Waals surface area contributed by atoms with Crippen LogP contribution in [0.1, 0.15) is 45.1 Å². The summed E-state index contributed by atoms with van der Waals surface area (Å²) in [6.07, 6.45) is 5.18. The van der Waals surface area contributed by atoms with Crippen LogP contribution in [-0.2, 0) is 5.54 Å². The summed E-state index contributed by atoms with van der Waals surface area (Å²) in [5.41, 5.74) is 1.53. The van der Waals surface area contributed by atoms with Crippen LogP contribution in [0.25, 0.3) is 0 Å². The van der Waals surface area contributed by atoms with E-state index in [1.807, 2.05) is 12.1 Å². The molecule has 17 heavy (non-hydrogen) atoms. The highest BCUT2D eigenvalue weighted by molar-refractivity contribution is 6.30. The number of hydrogen-bond donors (Lipinski definition) is 1. The van der Waals surface area contributed by atoms with E-state index in [1.54, 1.807) is 0 Å². The molecule has 1 aromatic rings. The first-order valence-corrected chi connectivity index (χ1v) is 7.04. The molecule has 0 radical (unpaired) electrons. The van der Waals surface area contributed by atoms with E-state index in [9.17, 15) is 0 Å². The van der Waals surface area contributed by atoms with E-state index in [0.29, 0.717) is 5.92 Å². The summed E-state index contributed by atoms with van der Waals surface area (Å²) in [6, 6.07) is 8.38. The normalized spacial score (nSPS) is 25.9. The number of halogens is 1. The average molecular weight is 252 g/mol. The second-order valence-corrected chi connectivity index (χ2v) is 5.81. The molecule has 2 heteroatoms. The third-order valence-electron chi connectivity index (χ3n) is 4.03. The number of nitrogens with one attached hydrogen (secondary N) is 1. The molecular formula is C15H22ClN. The number of benzene rings is 1. The van der Waals surface area contributed by atoms with Crippen LogP contribution in [0.2, 0.25) is 5.02 Å². The van der Waals surface area contributed by atoms with Crippen LogP contribution in [-0.4, -0.2) is 6.54 Å². The molecule has 1 unspecified atom stereocenters. The Balaban J connectivity index is 2.35. The first-order valence-electron chi connectivity index (χ1n) is 6.66. The first-order chi connectivity index (χ1) is 8.15. The van der Waals surface area contributed by atoms with Crippen molar-refractivity contribution in [3.8, 4) is 0 Å². The lowest BCUT2D eigenvalue weighted by molar-refractivity contribution is 0.231. The second kappa shape index (κ2) is 5.41. The minimum Gasteiger partial charge on any atom is -0.307 e. The van der Waals surface area contributed by atoms with Gasteiger partial charge in [-0.3, -0.25) is 0 Å². The van der Waals surface area contributed by atoms with Gasteiger partial charge in [0.15, 0.2) is 0 Å². The molecule has 1 nitrogen and oxygen atoms in total. The summed E-state index contributed by atoms with van der Waals surface area (Å²) in [4.78, 5) is 0. The molecule has 1 aliphatic rings. The lowest BCUT2D eigenvalue weighted by Gasteiger charge is -2.38. The molecule has 1 heterocycles. The zero-order chi connectivity index (χ0) is 12.3. The van der Waals surface area contributed by atoms with Gasteiger partial charge in [0.25, 0.3) is 0 Å². The molecule has 0 spiro atoms. The molecule has 2 rings (SSSR count). The van der Waals surface area contributed by atoms with Crippen LogP contribution < -0.4 is 5.32 Å². The molecule has 1 aliphatic heterocycles. The fourth-order valence-corrected chi connectivity index (χ4v) is 3.05. The van der Waals surface area contributed by atoms with Crippen molar-refractivity contribution in [3.63, 3.8) is 0 Å². The van der Waals surface area contributed by atoms with E-state index in [2.05, 4.69) is 31.3 Å². The van der Waals surface area contributed by atoms with Gasteiger partial charge in [0.05, 0.1) is 0 Å². The molecule has 1 saturated heterocycles. The Labute approximate surface area is 110 Å². The van der Waals surface area contributed by atoms with Gasteiger partial charge in [0, 0.05) is 10.6 Å². The molecule has 0 aliphatic carbocycles. The second-order valence-electron chi connectivity index (χ2n) is 5.37. The summed E-state index contributed by atoms with van der Waals surface area (Å²) in [5.74, 6) is 0.599. The molecule has 0 amide bonds. The zero-order valence-corrected chi connectivity index (χ0v) is 11.6. The maximum absolute atomic E-state index is 5.99. The van der Waals surface area contributed by atoms with Crippen LogP contribution in [0.5, 0.6) is 0 Å². The van der Waals surface area contributed by atoms with Gasteiger partial charge in [-0.25, -0.2) is 0 Å². The standard InChI is InChI=1S/C15H22ClN/c1-12(2)15(10-4-3-5-11-17-15)13-6-8-14(16)9-7-13/h6-9,12,17H,3-5,10-11H2,1-2H3. The van der Waals surface area contributed by atoms with Crippen LogP contribution >= 0.6 is 11.6 Å². The van der Waals surface area contributed by atoms with Crippen molar-refractivity contribution >= 4 is 11.6 Å². The topological polar surface area (TPSA) is 12.0 Å². The molecule has 0 aromatic heterocycles. The van der Waals surface area contributed by atoms with E-state index in [0.717, 1.165) is 11.6 Å². The predicted molar refractivity (Wildman–Crippen MR) is 74.4 cm³/mol. The van der Waals surface area contributed by atoms with Crippen LogP contribution in [0.15, 0.2) is 24.3 Å². The predicted octanol–water partition coefficient (Wildman–Crippen LogP) is 4.35. The maximum Gasteiger partial charge on any atom is 0.0457 e. The van der Waals surface area contributed by atoms with Crippen LogP contribution in [0.4, 0.5) is 0 Å². The fourth-order valence-electron chi connectivity index (χ4n) is 2.93. The van der Waals surface area contributed by atoms with Crippen LogP contribution in [0, 0.1) is 5.92 Å². The number of rotatable bonds is 2. The average Bonchev–Trinajstić information content (AvgIpc) is 2.56. The van der Waals surface area contributed by atoms with Crippen molar-refractivity contribution in [2.75, 3.05) is 6.54 Å². The van der Waals surface area contributed by atoms with Gasteiger partial charge in [-0.15, -0.1) is 0 Å². The summed E-state index contributed by atoms with van der Waals surface area (Å²) in [6.45, 7) is 5.75. The van der Waals surface area contributed by atoms with Crippen LogP contribution in [0.3, 0.4) is 0 Å². The molecule has 94 valence electrons. The molecule has 1 N–H and O–H groups in total. The monoisotopic (exact) mass is 251 g/mol. The van der Waals surface area contributed by atoms with Gasteiger partial charge < -0.3 is 5.32 Å². The third kappa shape index (κ3) is 2.66. The Morgan fingerprint density at radius 1 is 1.12 bits per heavy atom. The lowest BCUT2D eigenvalue weighted by atomic mass is 9.76. The molecule has 0 bridgehead atoms. The van der Waals surface area contributed by atoms with Crippen molar-refractivity contribution in [2.24, 2.45) is 5.92 Å². The smallest absolute Gasteiger partial charge is 0.0457 e. The highest BCUT2D eigenvalue weighted by Gasteiger charge is 2.35.